The fourth-order valence-electron chi connectivity index (χ4n) is 2.91. The lowest BCUT2D eigenvalue weighted by molar-refractivity contribution is -0.138. The summed E-state index contributed by atoms with van der Waals surface area (Å²) < 4.78 is 16.6. The van der Waals surface area contributed by atoms with E-state index in [1.54, 1.807) is 25.8 Å². The van der Waals surface area contributed by atoms with Crippen LogP contribution in [0.2, 0.25) is 0 Å². The van der Waals surface area contributed by atoms with E-state index in [0.717, 1.165) is 34.1 Å². The van der Waals surface area contributed by atoms with Gasteiger partial charge in [0.15, 0.2) is 4.93 Å². The Morgan fingerprint density at radius 2 is 1.82 bits per heavy atom. The Hall–Kier alpha value is -1.89. The number of hydrogen-bond acceptors (Lipinski definition) is 6. The first kappa shape index (κ1) is 20.8. The maximum absolute atomic E-state index is 11.4. The van der Waals surface area contributed by atoms with Crippen molar-refractivity contribution in [2.45, 2.75) is 16.8 Å². The van der Waals surface area contributed by atoms with Crippen LogP contribution in [0.1, 0.15) is 18.1 Å². The van der Waals surface area contributed by atoms with Gasteiger partial charge in [-0.25, -0.2) is 4.79 Å². The lowest BCUT2D eigenvalue weighted by Gasteiger charge is -2.29. The zero-order chi connectivity index (χ0) is 20.0. The number of esters is 1. The monoisotopic (exact) mass is 416 g/mol. The first-order chi connectivity index (χ1) is 13.5. The summed E-state index contributed by atoms with van der Waals surface area (Å²) in [6.07, 6.45) is 0. The molecule has 1 aliphatic rings. The Labute approximate surface area is 174 Å². The van der Waals surface area contributed by atoms with Crippen molar-refractivity contribution in [2.24, 2.45) is 0 Å². The highest BCUT2D eigenvalue weighted by molar-refractivity contribution is 8.00. The van der Waals surface area contributed by atoms with Crippen molar-refractivity contribution in [3.63, 3.8) is 0 Å². The summed E-state index contributed by atoms with van der Waals surface area (Å²) in [6, 6.07) is 16.5. The van der Waals surface area contributed by atoms with Gasteiger partial charge < -0.3 is 14.2 Å². The molecule has 0 saturated carbocycles. The number of benzene rings is 2. The number of carbonyl (C=O) groups is 1. The molecule has 1 heterocycles. The van der Waals surface area contributed by atoms with Gasteiger partial charge in [-0.15, -0.1) is 23.5 Å². The van der Waals surface area contributed by atoms with Crippen LogP contribution in [-0.4, -0.2) is 37.8 Å². The summed E-state index contributed by atoms with van der Waals surface area (Å²) in [5.41, 5.74) is 2.66. The molecule has 0 bridgehead atoms. The minimum atomic E-state index is -0.480. The third-order valence-corrected chi connectivity index (χ3v) is 6.67. The van der Waals surface area contributed by atoms with Gasteiger partial charge in [-0.1, -0.05) is 30.8 Å². The highest BCUT2D eigenvalue weighted by Crippen LogP contribution is 2.48. The standard InChI is InChI=1S/C22H24O4S2/c1-16(2)21(23)25-12-14-27-20-10-6-18(7-11-20)22(26-13-15-28-22)17-4-8-19(24-3)9-5-17/h4-11H,1,12-15H2,2-3H3. The van der Waals surface area contributed by atoms with Crippen molar-refractivity contribution in [3.8, 4) is 5.75 Å². The average Bonchev–Trinajstić information content (AvgIpc) is 3.22. The molecule has 0 spiro atoms. The number of ether oxygens (including phenoxy) is 3. The van der Waals surface area contributed by atoms with Crippen molar-refractivity contribution in [1.29, 1.82) is 0 Å². The molecule has 0 aliphatic carbocycles. The molecule has 6 heteroatoms. The number of rotatable bonds is 8. The average molecular weight is 417 g/mol. The predicted molar refractivity (Wildman–Crippen MR) is 115 cm³/mol. The van der Waals surface area contributed by atoms with Crippen molar-refractivity contribution in [1.82, 2.24) is 0 Å². The van der Waals surface area contributed by atoms with Crippen LogP contribution >= 0.6 is 23.5 Å². The maximum atomic E-state index is 11.4. The van der Waals surface area contributed by atoms with Gasteiger partial charge in [0.2, 0.25) is 0 Å². The summed E-state index contributed by atoms with van der Waals surface area (Å²) in [5, 5.41) is 0. The second kappa shape index (κ2) is 9.54. The zero-order valence-electron chi connectivity index (χ0n) is 16.1. The highest BCUT2D eigenvalue weighted by Gasteiger charge is 2.39. The van der Waals surface area contributed by atoms with Crippen LogP contribution in [0, 0.1) is 0 Å². The van der Waals surface area contributed by atoms with E-state index in [2.05, 4.69) is 43.0 Å². The Bertz CT molecular complexity index is 809. The van der Waals surface area contributed by atoms with Gasteiger partial charge in [-0.05, 0) is 42.3 Å². The van der Waals surface area contributed by atoms with Crippen LogP contribution in [0.4, 0.5) is 0 Å². The van der Waals surface area contributed by atoms with E-state index >= 15 is 0 Å². The molecule has 4 nitrogen and oxygen atoms in total. The molecule has 148 valence electrons. The SMILES string of the molecule is C=C(C)C(=O)OCCSc1ccc(C2(c3ccc(OC)cc3)OCCS2)cc1. The smallest absolute Gasteiger partial charge is 0.333 e. The van der Waals surface area contributed by atoms with Crippen molar-refractivity contribution in [3.05, 3.63) is 71.8 Å². The summed E-state index contributed by atoms with van der Waals surface area (Å²) in [6.45, 7) is 6.32. The van der Waals surface area contributed by atoms with E-state index in [1.807, 2.05) is 23.9 Å². The number of methoxy groups -OCH3 is 1. The molecule has 2 aromatic rings. The quantitative estimate of drug-likeness (QED) is 0.265. The number of carbonyl (C=O) groups excluding carboxylic acids is 1. The Morgan fingerprint density at radius 1 is 1.18 bits per heavy atom. The lowest BCUT2D eigenvalue weighted by Crippen LogP contribution is -2.23. The highest BCUT2D eigenvalue weighted by atomic mass is 32.2. The van der Waals surface area contributed by atoms with Crippen LogP contribution in [0.5, 0.6) is 5.75 Å². The van der Waals surface area contributed by atoms with Gasteiger partial charge in [-0.3, -0.25) is 0 Å². The van der Waals surface area contributed by atoms with E-state index in [0.29, 0.717) is 17.9 Å². The summed E-state index contributed by atoms with van der Waals surface area (Å²) in [4.78, 5) is 12.0. The molecular formula is C22H24O4S2. The summed E-state index contributed by atoms with van der Waals surface area (Å²) in [7, 11) is 1.67. The van der Waals surface area contributed by atoms with Gasteiger partial charge in [0.25, 0.3) is 0 Å². The molecule has 0 aromatic heterocycles. The topological polar surface area (TPSA) is 44.8 Å². The normalized spacial score (nSPS) is 18.6. The largest absolute Gasteiger partial charge is 0.497 e. The molecule has 3 rings (SSSR count). The minimum absolute atomic E-state index is 0.340. The molecular weight excluding hydrogens is 392 g/mol. The molecule has 0 N–H and O–H groups in total. The van der Waals surface area contributed by atoms with Crippen molar-refractivity contribution in [2.75, 3.05) is 31.8 Å². The Kier molecular flexibility index (Phi) is 7.10. The van der Waals surface area contributed by atoms with E-state index in [9.17, 15) is 4.79 Å². The summed E-state index contributed by atoms with van der Waals surface area (Å²) >= 11 is 3.46. The van der Waals surface area contributed by atoms with E-state index < -0.39 is 4.93 Å². The number of hydrogen-bond donors (Lipinski definition) is 0. The fourth-order valence-corrected chi connectivity index (χ4v) is 4.87. The number of thioether (sulfide) groups is 2. The van der Waals surface area contributed by atoms with Crippen LogP contribution in [0.3, 0.4) is 0 Å². The second-order valence-corrected chi connectivity index (χ2v) is 8.77. The second-order valence-electron chi connectivity index (χ2n) is 6.33. The molecule has 1 unspecified atom stereocenters. The van der Waals surface area contributed by atoms with Crippen LogP contribution in [0.15, 0.2) is 65.6 Å². The third-order valence-electron chi connectivity index (χ3n) is 4.33. The molecule has 1 atom stereocenters. The molecule has 1 fully saturated rings. The Morgan fingerprint density at radius 3 is 2.36 bits per heavy atom. The van der Waals surface area contributed by atoms with Crippen molar-refractivity contribution >= 4 is 29.5 Å². The van der Waals surface area contributed by atoms with Gasteiger partial charge >= 0.3 is 5.97 Å². The molecule has 0 amide bonds. The van der Waals surface area contributed by atoms with Crippen molar-refractivity contribution < 1.29 is 19.0 Å². The molecule has 1 aliphatic heterocycles. The molecule has 2 aromatic carbocycles. The first-order valence-electron chi connectivity index (χ1n) is 9.03. The van der Waals surface area contributed by atoms with Gasteiger partial charge in [-0.2, -0.15) is 0 Å². The molecule has 28 heavy (non-hydrogen) atoms. The minimum Gasteiger partial charge on any atom is -0.497 e. The maximum Gasteiger partial charge on any atom is 0.333 e. The summed E-state index contributed by atoms with van der Waals surface area (Å²) in [5.74, 6) is 2.15. The van der Waals surface area contributed by atoms with Crippen LogP contribution < -0.4 is 4.74 Å². The van der Waals surface area contributed by atoms with Gasteiger partial charge in [0, 0.05) is 22.0 Å². The van der Waals surface area contributed by atoms with E-state index in [1.165, 1.54) is 0 Å². The van der Waals surface area contributed by atoms with Gasteiger partial charge in [0.1, 0.15) is 12.4 Å². The molecule has 1 saturated heterocycles. The fraction of sp³-hybridized carbons (Fsp3) is 0.318. The zero-order valence-corrected chi connectivity index (χ0v) is 17.7. The van der Waals surface area contributed by atoms with E-state index in [-0.39, 0.29) is 5.97 Å². The lowest BCUT2D eigenvalue weighted by atomic mass is 10.0. The Balaban J connectivity index is 1.67. The first-order valence-corrected chi connectivity index (χ1v) is 11.0. The predicted octanol–water partition coefficient (Wildman–Crippen LogP) is 4.87. The van der Waals surface area contributed by atoms with Gasteiger partial charge in [0.05, 0.1) is 13.7 Å². The van der Waals surface area contributed by atoms with Crippen LogP contribution in [0.25, 0.3) is 0 Å². The third kappa shape index (κ3) is 4.74. The van der Waals surface area contributed by atoms with Crippen LogP contribution in [-0.2, 0) is 19.2 Å². The van der Waals surface area contributed by atoms with E-state index in [4.69, 9.17) is 14.2 Å². The molecule has 0 radical (unpaired) electrons.